The molecule has 2 rings (SSSR count). The Hall–Kier alpha value is -1.82. The van der Waals surface area contributed by atoms with Gasteiger partial charge in [-0.25, -0.2) is 0 Å². The van der Waals surface area contributed by atoms with Crippen molar-refractivity contribution in [1.82, 2.24) is 0 Å². The minimum absolute atomic E-state index is 0.0136. The van der Waals surface area contributed by atoms with Gasteiger partial charge in [0.15, 0.2) is 5.75 Å². The highest BCUT2D eigenvalue weighted by atomic mass is 16.6. The van der Waals surface area contributed by atoms with Crippen molar-refractivity contribution in [3.63, 3.8) is 0 Å². The van der Waals surface area contributed by atoms with Gasteiger partial charge in [-0.2, -0.15) is 0 Å². The molecule has 0 aliphatic carbocycles. The molecule has 1 aromatic rings. The topological polar surface area (TPSA) is 75.8 Å². The number of benzene rings is 1. The highest BCUT2D eigenvalue weighted by Crippen LogP contribution is 2.34. The maximum Gasteiger partial charge on any atom is 0.311 e. The third-order valence-corrected chi connectivity index (χ3v) is 3.41. The quantitative estimate of drug-likeness (QED) is 0.661. The Morgan fingerprint density at radius 2 is 2.30 bits per heavy atom. The Morgan fingerprint density at radius 3 is 2.85 bits per heavy atom. The number of nitro groups is 1. The molecule has 1 N–H and O–H groups in total. The summed E-state index contributed by atoms with van der Waals surface area (Å²) < 4.78 is 5.54. The van der Waals surface area contributed by atoms with Crippen molar-refractivity contribution in [3.8, 4) is 5.75 Å². The summed E-state index contributed by atoms with van der Waals surface area (Å²) in [6, 6.07) is 4.95. The van der Waals surface area contributed by atoms with Crippen LogP contribution in [0.25, 0.3) is 0 Å². The Kier molecular flexibility index (Phi) is 4.44. The molecule has 0 amide bonds. The fraction of sp³-hybridized carbons (Fsp3) is 0.571. The van der Waals surface area contributed by atoms with Crippen LogP contribution in [0.15, 0.2) is 18.2 Å². The minimum Gasteiger partial charge on any atom is -0.484 e. The van der Waals surface area contributed by atoms with Crippen LogP contribution < -0.4 is 9.64 Å². The summed E-state index contributed by atoms with van der Waals surface area (Å²) in [5.41, 5.74) is 0.891. The molecule has 110 valence electrons. The first kappa shape index (κ1) is 14.6. The Labute approximate surface area is 118 Å². The van der Waals surface area contributed by atoms with Crippen molar-refractivity contribution < 1.29 is 14.8 Å². The van der Waals surface area contributed by atoms with Crippen molar-refractivity contribution in [2.45, 2.75) is 26.4 Å². The maximum absolute atomic E-state index is 11.0. The predicted octanol–water partition coefficient (Wildman–Crippen LogP) is 2.20. The molecule has 1 aromatic carbocycles. The Morgan fingerprint density at radius 1 is 1.55 bits per heavy atom. The van der Waals surface area contributed by atoms with Crippen LogP contribution in [0.3, 0.4) is 0 Å². The summed E-state index contributed by atoms with van der Waals surface area (Å²) in [5, 5.41) is 20.2. The first-order chi connectivity index (χ1) is 9.51. The van der Waals surface area contributed by atoms with Gasteiger partial charge >= 0.3 is 5.69 Å². The number of aliphatic hydroxyl groups excluding tert-OH is 1. The molecule has 1 fully saturated rings. The Balaban J connectivity index is 2.25. The van der Waals surface area contributed by atoms with E-state index in [0.29, 0.717) is 5.75 Å². The highest BCUT2D eigenvalue weighted by molar-refractivity contribution is 5.59. The van der Waals surface area contributed by atoms with E-state index in [-0.39, 0.29) is 24.3 Å². The monoisotopic (exact) mass is 280 g/mol. The lowest BCUT2D eigenvalue weighted by Gasteiger charge is -2.20. The van der Waals surface area contributed by atoms with E-state index < -0.39 is 4.92 Å². The lowest BCUT2D eigenvalue weighted by molar-refractivity contribution is -0.386. The standard InChI is InChI=1S/C14H20N2O4/c1-10(2)20-14-7-12(3-4-13(14)16(18)19)15-6-5-11(8-15)9-17/h3-4,7,10-11,17H,5-6,8-9H2,1-2H3. The van der Waals surface area contributed by atoms with E-state index in [1.54, 1.807) is 12.1 Å². The molecule has 0 aromatic heterocycles. The number of aliphatic hydroxyl groups is 1. The van der Waals surface area contributed by atoms with Crippen LogP contribution >= 0.6 is 0 Å². The SMILES string of the molecule is CC(C)Oc1cc(N2CCC(CO)C2)ccc1[N+](=O)[O-]. The van der Waals surface area contributed by atoms with E-state index in [9.17, 15) is 15.2 Å². The van der Waals surface area contributed by atoms with Crippen LogP contribution in [-0.2, 0) is 0 Å². The van der Waals surface area contributed by atoms with E-state index in [2.05, 4.69) is 4.90 Å². The van der Waals surface area contributed by atoms with Crippen LogP contribution in [0.1, 0.15) is 20.3 Å². The average Bonchev–Trinajstić information content (AvgIpc) is 2.86. The fourth-order valence-corrected chi connectivity index (χ4v) is 2.41. The molecule has 1 aliphatic heterocycles. The third kappa shape index (κ3) is 3.19. The van der Waals surface area contributed by atoms with Crippen molar-refractivity contribution in [2.75, 3.05) is 24.6 Å². The van der Waals surface area contributed by atoms with Gasteiger partial charge in [0, 0.05) is 43.4 Å². The van der Waals surface area contributed by atoms with Crippen LogP contribution in [0.4, 0.5) is 11.4 Å². The first-order valence-electron chi connectivity index (χ1n) is 6.82. The van der Waals surface area contributed by atoms with Crippen molar-refractivity contribution in [3.05, 3.63) is 28.3 Å². The molecule has 1 atom stereocenters. The summed E-state index contributed by atoms with van der Waals surface area (Å²) >= 11 is 0. The predicted molar refractivity (Wildman–Crippen MR) is 76.3 cm³/mol. The zero-order valence-electron chi connectivity index (χ0n) is 11.8. The third-order valence-electron chi connectivity index (χ3n) is 3.41. The lowest BCUT2D eigenvalue weighted by Crippen LogP contribution is -2.20. The first-order valence-corrected chi connectivity index (χ1v) is 6.82. The molecule has 1 aliphatic rings. The van der Waals surface area contributed by atoms with Gasteiger partial charge in [0.1, 0.15) is 0 Å². The van der Waals surface area contributed by atoms with E-state index in [1.807, 2.05) is 13.8 Å². The van der Waals surface area contributed by atoms with Gasteiger partial charge in [-0.05, 0) is 26.3 Å². The van der Waals surface area contributed by atoms with Crippen LogP contribution in [0, 0.1) is 16.0 Å². The molecule has 6 heteroatoms. The van der Waals surface area contributed by atoms with E-state index in [1.165, 1.54) is 6.07 Å². The molecule has 1 saturated heterocycles. The van der Waals surface area contributed by atoms with Crippen LogP contribution in [0.2, 0.25) is 0 Å². The van der Waals surface area contributed by atoms with Crippen molar-refractivity contribution in [2.24, 2.45) is 5.92 Å². The highest BCUT2D eigenvalue weighted by Gasteiger charge is 2.24. The van der Waals surface area contributed by atoms with Crippen LogP contribution in [-0.4, -0.2) is 35.8 Å². The smallest absolute Gasteiger partial charge is 0.311 e. The van der Waals surface area contributed by atoms with E-state index in [0.717, 1.165) is 25.2 Å². The summed E-state index contributed by atoms with van der Waals surface area (Å²) in [7, 11) is 0. The second kappa shape index (κ2) is 6.09. The van der Waals surface area contributed by atoms with E-state index >= 15 is 0 Å². The summed E-state index contributed by atoms with van der Waals surface area (Å²) in [5.74, 6) is 0.578. The molecular formula is C14H20N2O4. The van der Waals surface area contributed by atoms with Gasteiger partial charge in [0.2, 0.25) is 0 Å². The molecular weight excluding hydrogens is 260 g/mol. The number of rotatable bonds is 5. The minimum atomic E-state index is -0.429. The molecule has 0 saturated carbocycles. The lowest BCUT2D eigenvalue weighted by atomic mass is 10.1. The summed E-state index contributed by atoms with van der Waals surface area (Å²) in [4.78, 5) is 12.7. The van der Waals surface area contributed by atoms with Gasteiger partial charge in [-0.1, -0.05) is 0 Å². The largest absolute Gasteiger partial charge is 0.484 e. The summed E-state index contributed by atoms with van der Waals surface area (Å²) in [6.07, 6.45) is 0.820. The number of anilines is 1. The molecule has 0 spiro atoms. The van der Waals surface area contributed by atoms with Gasteiger partial charge in [-0.3, -0.25) is 10.1 Å². The van der Waals surface area contributed by atoms with E-state index in [4.69, 9.17) is 4.74 Å². The molecule has 0 bridgehead atoms. The second-order valence-electron chi connectivity index (χ2n) is 5.36. The van der Waals surface area contributed by atoms with Crippen LogP contribution in [0.5, 0.6) is 5.75 Å². The number of hydrogen-bond donors (Lipinski definition) is 1. The number of ether oxygens (including phenoxy) is 1. The zero-order valence-corrected chi connectivity index (χ0v) is 11.8. The second-order valence-corrected chi connectivity index (χ2v) is 5.36. The van der Waals surface area contributed by atoms with Gasteiger partial charge in [0.05, 0.1) is 11.0 Å². The van der Waals surface area contributed by atoms with Gasteiger partial charge < -0.3 is 14.7 Å². The molecule has 1 unspecified atom stereocenters. The van der Waals surface area contributed by atoms with Gasteiger partial charge in [-0.15, -0.1) is 0 Å². The number of nitrogens with zero attached hydrogens (tertiary/aromatic N) is 2. The van der Waals surface area contributed by atoms with Crippen molar-refractivity contribution in [1.29, 1.82) is 0 Å². The van der Waals surface area contributed by atoms with Crippen molar-refractivity contribution >= 4 is 11.4 Å². The fourth-order valence-electron chi connectivity index (χ4n) is 2.41. The molecule has 1 heterocycles. The number of nitro benzene ring substituents is 1. The average molecular weight is 280 g/mol. The van der Waals surface area contributed by atoms with Gasteiger partial charge in [0.25, 0.3) is 0 Å². The summed E-state index contributed by atoms with van der Waals surface area (Å²) in [6.45, 7) is 5.49. The molecule has 20 heavy (non-hydrogen) atoms. The molecule has 6 nitrogen and oxygen atoms in total. The molecule has 0 radical (unpaired) electrons. The zero-order chi connectivity index (χ0) is 14.7. The number of hydrogen-bond acceptors (Lipinski definition) is 5. The maximum atomic E-state index is 11.0. The Bertz CT molecular complexity index is 490. The normalized spacial score (nSPS) is 18.6.